The van der Waals surface area contributed by atoms with Crippen molar-refractivity contribution in [1.82, 2.24) is 14.9 Å². The number of halogens is 1. The quantitative estimate of drug-likeness (QED) is 0.632. The summed E-state index contributed by atoms with van der Waals surface area (Å²) in [6, 6.07) is 5.90. The molecular weight excluding hydrogens is 422 g/mol. The molecule has 0 aromatic heterocycles. The fraction of sp³-hybridized carbons (Fsp3) is 0.556. The third-order valence-corrected chi connectivity index (χ3v) is 6.90. The van der Waals surface area contributed by atoms with Gasteiger partial charge in [0.2, 0.25) is 15.9 Å². The van der Waals surface area contributed by atoms with E-state index < -0.39 is 22.0 Å². The van der Waals surface area contributed by atoms with Crippen molar-refractivity contribution in [3.8, 4) is 0 Å². The zero-order valence-electron chi connectivity index (χ0n) is 16.0. The third-order valence-electron chi connectivity index (χ3n) is 4.62. The molecule has 0 saturated carbocycles. The molecule has 0 bridgehead atoms. The summed E-state index contributed by atoms with van der Waals surface area (Å²) in [6.07, 6.45) is 4.71. The van der Waals surface area contributed by atoms with Gasteiger partial charge in [-0.15, -0.1) is 0 Å². The summed E-state index contributed by atoms with van der Waals surface area (Å²) in [5.41, 5.74) is 0.326. The molecule has 0 aliphatic carbocycles. The lowest BCUT2D eigenvalue weighted by molar-refractivity contribution is -0.124. The topological polar surface area (TPSA) is 95.6 Å². The number of thioether (sulfide) groups is 1. The Kier molecular flexibility index (Phi) is 8.60. The number of carbonyl (C=O) groups excluding carboxylic acids is 2. The molecule has 1 atom stereocenters. The molecule has 1 aromatic carbocycles. The first kappa shape index (κ1) is 23.0. The molecule has 1 saturated heterocycles. The highest BCUT2D eigenvalue weighted by Crippen LogP contribution is 2.16. The van der Waals surface area contributed by atoms with Crippen LogP contribution in [0.2, 0.25) is 5.02 Å². The minimum absolute atomic E-state index is 0.112. The first-order valence-corrected chi connectivity index (χ1v) is 12.6. The number of rotatable bonds is 8. The summed E-state index contributed by atoms with van der Waals surface area (Å²) in [5, 5.41) is 6.06. The minimum Gasteiger partial charge on any atom is -0.351 e. The standard InChI is InChI=1S/C18H26ClN3O4S2/c1-27-12-9-16(21-17(23)14-5-3-4-6-15(14)19)18(24)20-13-7-10-22(11-8-13)28(2,25)26/h3-6,13,16H,7-12H2,1-2H3,(H,20,24)(H,21,23). The maximum atomic E-state index is 12.7. The van der Waals surface area contributed by atoms with E-state index >= 15 is 0 Å². The molecule has 2 N–H and O–H groups in total. The van der Waals surface area contributed by atoms with Gasteiger partial charge in [0.15, 0.2) is 0 Å². The van der Waals surface area contributed by atoms with E-state index in [1.54, 1.807) is 36.0 Å². The SMILES string of the molecule is CSCCC(NC(=O)c1ccccc1Cl)C(=O)NC1CCN(S(C)(=O)=O)CC1. The van der Waals surface area contributed by atoms with Crippen LogP contribution in [0.3, 0.4) is 0 Å². The predicted octanol–water partition coefficient (Wildman–Crippen LogP) is 1.73. The van der Waals surface area contributed by atoms with Crippen LogP contribution in [-0.4, -0.2) is 68.0 Å². The number of benzene rings is 1. The van der Waals surface area contributed by atoms with Gasteiger partial charge in [0, 0.05) is 19.1 Å². The van der Waals surface area contributed by atoms with E-state index in [1.807, 2.05) is 6.26 Å². The van der Waals surface area contributed by atoms with E-state index in [4.69, 9.17) is 11.6 Å². The van der Waals surface area contributed by atoms with E-state index in [9.17, 15) is 18.0 Å². The zero-order valence-corrected chi connectivity index (χ0v) is 18.4. The van der Waals surface area contributed by atoms with Crippen LogP contribution in [0.1, 0.15) is 29.6 Å². The highest BCUT2D eigenvalue weighted by atomic mass is 35.5. The molecule has 1 aliphatic heterocycles. The fourth-order valence-corrected chi connectivity index (χ4v) is 4.59. The molecule has 28 heavy (non-hydrogen) atoms. The lowest BCUT2D eigenvalue weighted by Gasteiger charge is -2.31. The second-order valence-corrected chi connectivity index (χ2v) is 10.1. The zero-order chi connectivity index (χ0) is 20.7. The molecule has 0 radical (unpaired) electrons. The Bertz CT molecular complexity index is 796. The van der Waals surface area contributed by atoms with Gasteiger partial charge >= 0.3 is 0 Å². The van der Waals surface area contributed by atoms with Crippen molar-refractivity contribution in [2.24, 2.45) is 0 Å². The maximum absolute atomic E-state index is 12.7. The normalized spacial score (nSPS) is 17.1. The van der Waals surface area contributed by atoms with E-state index in [0.717, 1.165) is 0 Å². The van der Waals surface area contributed by atoms with Gasteiger partial charge in [-0.2, -0.15) is 11.8 Å². The number of nitrogens with one attached hydrogen (secondary N) is 2. The molecule has 1 aromatic rings. The second-order valence-electron chi connectivity index (χ2n) is 6.73. The third kappa shape index (κ3) is 6.65. The smallest absolute Gasteiger partial charge is 0.253 e. The van der Waals surface area contributed by atoms with Gasteiger partial charge in [-0.25, -0.2) is 12.7 Å². The number of nitrogens with zero attached hydrogens (tertiary/aromatic N) is 1. The van der Waals surface area contributed by atoms with Crippen molar-refractivity contribution in [1.29, 1.82) is 0 Å². The molecule has 7 nitrogen and oxygen atoms in total. The lowest BCUT2D eigenvalue weighted by atomic mass is 10.1. The molecule has 1 fully saturated rings. The van der Waals surface area contributed by atoms with Gasteiger partial charge < -0.3 is 10.6 Å². The van der Waals surface area contributed by atoms with Gasteiger partial charge in [-0.3, -0.25) is 9.59 Å². The fourth-order valence-electron chi connectivity index (χ4n) is 3.02. The highest BCUT2D eigenvalue weighted by molar-refractivity contribution is 7.98. The van der Waals surface area contributed by atoms with Gasteiger partial charge in [0.1, 0.15) is 6.04 Å². The van der Waals surface area contributed by atoms with Crippen molar-refractivity contribution < 1.29 is 18.0 Å². The Morgan fingerprint density at radius 2 is 1.93 bits per heavy atom. The number of hydrogen-bond acceptors (Lipinski definition) is 5. The summed E-state index contributed by atoms with van der Waals surface area (Å²) >= 11 is 7.67. The average Bonchev–Trinajstić information content (AvgIpc) is 2.65. The van der Waals surface area contributed by atoms with Crippen molar-refractivity contribution >= 4 is 45.2 Å². The molecular formula is C18H26ClN3O4S2. The van der Waals surface area contributed by atoms with Crippen LogP contribution in [0, 0.1) is 0 Å². The second kappa shape index (κ2) is 10.5. The first-order valence-electron chi connectivity index (χ1n) is 9.02. The highest BCUT2D eigenvalue weighted by Gasteiger charge is 2.28. The monoisotopic (exact) mass is 447 g/mol. The largest absolute Gasteiger partial charge is 0.351 e. The molecule has 1 aliphatic rings. The van der Waals surface area contributed by atoms with Gasteiger partial charge in [0.25, 0.3) is 5.91 Å². The van der Waals surface area contributed by atoms with Crippen molar-refractivity contribution in [2.75, 3.05) is 31.4 Å². The van der Waals surface area contributed by atoms with Crippen LogP contribution in [0.5, 0.6) is 0 Å². The number of carbonyl (C=O) groups is 2. The lowest BCUT2D eigenvalue weighted by Crippen LogP contribution is -2.52. The summed E-state index contributed by atoms with van der Waals surface area (Å²) < 4.78 is 24.6. The number of amides is 2. The molecule has 10 heteroatoms. The molecule has 1 unspecified atom stereocenters. The minimum atomic E-state index is -3.21. The van der Waals surface area contributed by atoms with Crippen LogP contribution in [-0.2, 0) is 14.8 Å². The van der Waals surface area contributed by atoms with Crippen LogP contribution in [0.25, 0.3) is 0 Å². The van der Waals surface area contributed by atoms with Crippen LogP contribution in [0.4, 0.5) is 0 Å². The first-order chi connectivity index (χ1) is 13.2. The maximum Gasteiger partial charge on any atom is 0.253 e. The predicted molar refractivity (Wildman–Crippen MR) is 113 cm³/mol. The summed E-state index contributed by atoms with van der Waals surface area (Å²) in [4.78, 5) is 25.3. The molecule has 1 heterocycles. The Labute approximate surface area is 175 Å². The molecule has 2 amide bonds. The summed E-state index contributed by atoms with van der Waals surface area (Å²) in [5.74, 6) is 0.0685. The van der Waals surface area contributed by atoms with Gasteiger partial charge in [-0.1, -0.05) is 23.7 Å². The van der Waals surface area contributed by atoms with E-state index in [-0.39, 0.29) is 11.9 Å². The van der Waals surface area contributed by atoms with Crippen molar-refractivity contribution in [2.45, 2.75) is 31.3 Å². The Balaban J connectivity index is 1.97. The Morgan fingerprint density at radius 3 is 2.50 bits per heavy atom. The van der Waals surface area contributed by atoms with Gasteiger partial charge in [-0.05, 0) is 43.4 Å². The molecule has 0 spiro atoms. The number of hydrogen-bond donors (Lipinski definition) is 2. The van der Waals surface area contributed by atoms with Crippen LogP contribution in [0.15, 0.2) is 24.3 Å². The number of piperidine rings is 1. The van der Waals surface area contributed by atoms with E-state index in [0.29, 0.717) is 48.7 Å². The van der Waals surface area contributed by atoms with Crippen molar-refractivity contribution in [3.63, 3.8) is 0 Å². The number of sulfonamides is 1. The van der Waals surface area contributed by atoms with Crippen molar-refractivity contribution in [3.05, 3.63) is 34.9 Å². The Morgan fingerprint density at radius 1 is 1.29 bits per heavy atom. The average molecular weight is 448 g/mol. The molecule has 156 valence electrons. The molecule has 2 rings (SSSR count). The Hall–Kier alpha value is -1.29. The van der Waals surface area contributed by atoms with Crippen LogP contribution >= 0.6 is 23.4 Å². The summed E-state index contributed by atoms with van der Waals surface area (Å²) in [7, 11) is -3.21. The summed E-state index contributed by atoms with van der Waals surface area (Å²) in [6.45, 7) is 0.760. The van der Waals surface area contributed by atoms with E-state index in [1.165, 1.54) is 10.6 Å². The van der Waals surface area contributed by atoms with Crippen LogP contribution < -0.4 is 10.6 Å². The van der Waals surface area contributed by atoms with E-state index in [2.05, 4.69) is 10.6 Å². The van der Waals surface area contributed by atoms with Gasteiger partial charge in [0.05, 0.1) is 16.8 Å².